The zero-order valence-electron chi connectivity index (χ0n) is 8.79. The van der Waals surface area contributed by atoms with Crippen molar-refractivity contribution < 1.29 is 9.53 Å². The van der Waals surface area contributed by atoms with Gasteiger partial charge in [-0.25, -0.2) is 4.79 Å². The zero-order chi connectivity index (χ0) is 11.8. The van der Waals surface area contributed by atoms with E-state index < -0.39 is 0 Å². The van der Waals surface area contributed by atoms with Crippen molar-refractivity contribution >= 4 is 21.9 Å². The van der Waals surface area contributed by atoms with E-state index in [0.717, 1.165) is 22.9 Å². The first-order valence-corrected chi connectivity index (χ1v) is 5.71. The number of methoxy groups -OCH3 is 1. The molecule has 1 fully saturated rings. The lowest BCUT2D eigenvalue weighted by molar-refractivity contribution is 0.0600. The number of halogens is 1. The van der Waals surface area contributed by atoms with Crippen LogP contribution in [0, 0.1) is 11.3 Å². The fourth-order valence-corrected chi connectivity index (χ4v) is 2.18. The van der Waals surface area contributed by atoms with E-state index in [0.29, 0.717) is 5.56 Å². The van der Waals surface area contributed by atoms with Crippen molar-refractivity contribution in [2.45, 2.75) is 18.3 Å². The molecule has 0 saturated heterocycles. The molecular weight excluding hydrogens is 270 g/mol. The molecule has 0 atom stereocenters. The number of hydrogen-bond acceptors (Lipinski definition) is 3. The second kappa shape index (κ2) is 3.91. The van der Waals surface area contributed by atoms with Crippen molar-refractivity contribution in [3.63, 3.8) is 0 Å². The van der Waals surface area contributed by atoms with Gasteiger partial charge < -0.3 is 4.74 Å². The largest absolute Gasteiger partial charge is 0.465 e. The second-order valence-corrected chi connectivity index (χ2v) is 4.83. The van der Waals surface area contributed by atoms with E-state index in [1.807, 2.05) is 6.07 Å². The van der Waals surface area contributed by atoms with Crippen molar-refractivity contribution in [2.75, 3.05) is 7.11 Å². The van der Waals surface area contributed by atoms with E-state index in [1.54, 1.807) is 12.1 Å². The molecule has 1 aromatic rings. The standard InChI is InChI=1S/C12H10BrNO2/c1-16-11(15)8-4-9(6-10(13)5-8)12(7-14)2-3-12/h4-6H,2-3H2,1H3. The molecule has 4 heteroatoms. The average Bonchev–Trinajstić information content (AvgIpc) is 3.08. The topological polar surface area (TPSA) is 50.1 Å². The maximum Gasteiger partial charge on any atom is 0.337 e. The van der Waals surface area contributed by atoms with Gasteiger partial charge in [0.15, 0.2) is 0 Å². The van der Waals surface area contributed by atoms with E-state index in [9.17, 15) is 4.79 Å². The van der Waals surface area contributed by atoms with Gasteiger partial charge in [-0.2, -0.15) is 5.26 Å². The summed E-state index contributed by atoms with van der Waals surface area (Å²) in [6.07, 6.45) is 1.72. The van der Waals surface area contributed by atoms with Crippen molar-refractivity contribution in [3.8, 4) is 6.07 Å². The summed E-state index contributed by atoms with van der Waals surface area (Å²) in [5.41, 5.74) is 0.991. The summed E-state index contributed by atoms with van der Waals surface area (Å²) in [4.78, 5) is 11.4. The van der Waals surface area contributed by atoms with Crippen molar-refractivity contribution in [1.82, 2.24) is 0 Å². The Balaban J connectivity index is 2.45. The minimum absolute atomic E-state index is 0.378. The molecule has 0 aromatic heterocycles. The van der Waals surface area contributed by atoms with Crippen LogP contribution in [-0.4, -0.2) is 13.1 Å². The summed E-state index contributed by atoms with van der Waals surface area (Å²) < 4.78 is 5.47. The number of esters is 1. The molecule has 16 heavy (non-hydrogen) atoms. The molecular formula is C12H10BrNO2. The molecule has 0 spiro atoms. The van der Waals surface area contributed by atoms with Gasteiger partial charge in [0.25, 0.3) is 0 Å². The summed E-state index contributed by atoms with van der Waals surface area (Å²) >= 11 is 3.34. The van der Waals surface area contributed by atoms with Gasteiger partial charge in [-0.15, -0.1) is 0 Å². The van der Waals surface area contributed by atoms with Gasteiger partial charge in [0.2, 0.25) is 0 Å². The van der Waals surface area contributed by atoms with Crippen molar-refractivity contribution in [2.24, 2.45) is 0 Å². The smallest absolute Gasteiger partial charge is 0.337 e. The van der Waals surface area contributed by atoms with Gasteiger partial charge in [0.05, 0.1) is 24.2 Å². The number of benzene rings is 1. The molecule has 1 aliphatic carbocycles. The SMILES string of the molecule is COC(=O)c1cc(Br)cc(C2(C#N)CC2)c1. The van der Waals surface area contributed by atoms with E-state index >= 15 is 0 Å². The summed E-state index contributed by atoms with van der Waals surface area (Å²) in [7, 11) is 1.35. The fraction of sp³-hybridized carbons (Fsp3) is 0.333. The third kappa shape index (κ3) is 1.83. The number of ether oxygens (including phenoxy) is 1. The van der Waals surface area contributed by atoms with Crippen LogP contribution in [0.2, 0.25) is 0 Å². The molecule has 0 radical (unpaired) electrons. The monoisotopic (exact) mass is 279 g/mol. The Kier molecular flexibility index (Phi) is 2.73. The van der Waals surface area contributed by atoms with Crippen LogP contribution in [0.15, 0.2) is 22.7 Å². The third-order valence-electron chi connectivity index (χ3n) is 2.84. The maximum absolute atomic E-state index is 11.4. The molecule has 0 heterocycles. The first kappa shape index (κ1) is 11.2. The fourth-order valence-electron chi connectivity index (χ4n) is 1.69. The van der Waals surface area contributed by atoms with Gasteiger partial charge in [-0.1, -0.05) is 15.9 Å². The molecule has 0 N–H and O–H groups in total. The minimum atomic E-state index is -0.382. The summed E-state index contributed by atoms with van der Waals surface area (Å²) in [5.74, 6) is -0.378. The van der Waals surface area contributed by atoms with Crippen LogP contribution < -0.4 is 0 Å². The number of carbonyl (C=O) groups is 1. The van der Waals surface area contributed by atoms with E-state index in [1.165, 1.54) is 7.11 Å². The number of nitrogens with zero attached hydrogens (tertiary/aromatic N) is 1. The lowest BCUT2D eigenvalue weighted by Gasteiger charge is -2.09. The molecule has 1 aliphatic rings. The Morgan fingerprint density at radius 1 is 1.50 bits per heavy atom. The Labute approximate surface area is 102 Å². The highest BCUT2D eigenvalue weighted by Gasteiger charge is 2.45. The molecule has 3 nitrogen and oxygen atoms in total. The van der Waals surface area contributed by atoms with E-state index in [2.05, 4.69) is 26.7 Å². The summed E-state index contributed by atoms with van der Waals surface area (Å²) in [6, 6.07) is 7.64. The zero-order valence-corrected chi connectivity index (χ0v) is 10.4. The molecule has 2 rings (SSSR count). The molecule has 0 amide bonds. The maximum atomic E-state index is 11.4. The normalized spacial score (nSPS) is 16.3. The van der Waals surface area contributed by atoms with E-state index in [-0.39, 0.29) is 11.4 Å². The Morgan fingerprint density at radius 2 is 2.19 bits per heavy atom. The number of rotatable bonds is 2. The van der Waals surface area contributed by atoms with Gasteiger partial charge in [-0.3, -0.25) is 0 Å². The van der Waals surface area contributed by atoms with Crippen LogP contribution in [0.1, 0.15) is 28.8 Å². The predicted molar refractivity (Wildman–Crippen MR) is 62.0 cm³/mol. The summed E-state index contributed by atoms with van der Waals surface area (Å²) in [5, 5.41) is 9.11. The van der Waals surface area contributed by atoms with Crippen molar-refractivity contribution in [1.29, 1.82) is 5.26 Å². The van der Waals surface area contributed by atoms with Crippen molar-refractivity contribution in [3.05, 3.63) is 33.8 Å². The molecule has 82 valence electrons. The second-order valence-electron chi connectivity index (χ2n) is 3.91. The summed E-state index contributed by atoms with van der Waals surface area (Å²) in [6.45, 7) is 0. The van der Waals surface area contributed by atoms with Crippen LogP contribution in [0.5, 0.6) is 0 Å². The Morgan fingerprint density at radius 3 is 2.69 bits per heavy atom. The highest BCUT2D eigenvalue weighted by Crippen LogP contribution is 2.48. The van der Waals surface area contributed by atoms with Gasteiger partial charge in [-0.05, 0) is 36.6 Å². The Hall–Kier alpha value is -1.34. The first-order chi connectivity index (χ1) is 7.61. The quantitative estimate of drug-likeness (QED) is 0.783. The Bertz CT molecular complexity index is 486. The molecule has 0 aliphatic heterocycles. The molecule has 1 aromatic carbocycles. The number of hydrogen-bond donors (Lipinski definition) is 0. The highest BCUT2D eigenvalue weighted by molar-refractivity contribution is 9.10. The average molecular weight is 280 g/mol. The number of nitriles is 1. The van der Waals surface area contributed by atoms with Gasteiger partial charge >= 0.3 is 5.97 Å². The van der Waals surface area contributed by atoms with E-state index in [4.69, 9.17) is 5.26 Å². The number of carbonyl (C=O) groups excluding carboxylic acids is 1. The third-order valence-corrected chi connectivity index (χ3v) is 3.29. The molecule has 0 unspecified atom stereocenters. The minimum Gasteiger partial charge on any atom is -0.465 e. The van der Waals surface area contributed by atoms with Crippen LogP contribution >= 0.6 is 15.9 Å². The van der Waals surface area contributed by atoms with Crippen LogP contribution in [0.4, 0.5) is 0 Å². The predicted octanol–water partition coefficient (Wildman–Crippen LogP) is 2.79. The van der Waals surface area contributed by atoms with Crippen LogP contribution in [-0.2, 0) is 10.2 Å². The van der Waals surface area contributed by atoms with Gasteiger partial charge in [0, 0.05) is 4.47 Å². The molecule has 0 bridgehead atoms. The van der Waals surface area contributed by atoms with Gasteiger partial charge in [0.1, 0.15) is 0 Å². The first-order valence-electron chi connectivity index (χ1n) is 4.92. The van der Waals surface area contributed by atoms with Crippen LogP contribution in [0.3, 0.4) is 0 Å². The highest BCUT2D eigenvalue weighted by atomic mass is 79.9. The molecule has 1 saturated carbocycles. The van der Waals surface area contributed by atoms with Crippen LogP contribution in [0.25, 0.3) is 0 Å². The lowest BCUT2D eigenvalue weighted by atomic mass is 9.96. The lowest BCUT2D eigenvalue weighted by Crippen LogP contribution is -2.07.